The van der Waals surface area contributed by atoms with Gasteiger partial charge in [0.2, 0.25) is 5.95 Å². The largest absolute Gasteiger partial charge is 0.368 e. The summed E-state index contributed by atoms with van der Waals surface area (Å²) in [5.41, 5.74) is 5.57. The van der Waals surface area contributed by atoms with Crippen molar-refractivity contribution >= 4 is 50.6 Å². The van der Waals surface area contributed by atoms with Gasteiger partial charge in [-0.15, -0.1) is 11.3 Å². The molecule has 0 saturated carbocycles. The average molecular weight is 334 g/mol. The fourth-order valence-electron chi connectivity index (χ4n) is 1.38. The summed E-state index contributed by atoms with van der Waals surface area (Å²) in [4.78, 5) is 11.3. The lowest BCUT2D eigenvalue weighted by molar-refractivity contribution is 0.902. The van der Waals surface area contributed by atoms with Crippen LogP contribution in [0.3, 0.4) is 0 Å². The Hall–Kier alpha value is -0.850. The standard InChI is InChI=1S/C10H10BrClN4S/c1-16(5-6-2-3-8(12)17-6)9-7(11)4-14-10(13)15-9/h2-4H,5H2,1H3,(H2,13,14,15). The first kappa shape index (κ1) is 12.6. The molecule has 0 aliphatic rings. The fraction of sp³-hybridized carbons (Fsp3) is 0.200. The molecule has 4 nitrogen and oxygen atoms in total. The van der Waals surface area contributed by atoms with Gasteiger partial charge in [0.15, 0.2) is 0 Å². The summed E-state index contributed by atoms with van der Waals surface area (Å²) in [5, 5.41) is 0. The molecule has 0 aliphatic heterocycles. The maximum atomic E-state index is 5.89. The van der Waals surface area contributed by atoms with E-state index in [4.69, 9.17) is 17.3 Å². The number of nitrogens with two attached hydrogens (primary N) is 1. The van der Waals surface area contributed by atoms with E-state index in [0.29, 0.717) is 0 Å². The average Bonchev–Trinajstić information content (AvgIpc) is 2.67. The van der Waals surface area contributed by atoms with Gasteiger partial charge >= 0.3 is 0 Å². The van der Waals surface area contributed by atoms with Crippen molar-refractivity contribution in [1.29, 1.82) is 0 Å². The summed E-state index contributed by atoms with van der Waals surface area (Å²) < 4.78 is 1.60. The zero-order chi connectivity index (χ0) is 12.4. The van der Waals surface area contributed by atoms with E-state index in [9.17, 15) is 0 Å². The van der Waals surface area contributed by atoms with Crippen LogP contribution in [0.15, 0.2) is 22.8 Å². The molecule has 0 bridgehead atoms. The molecular weight excluding hydrogens is 324 g/mol. The van der Waals surface area contributed by atoms with E-state index in [-0.39, 0.29) is 5.95 Å². The summed E-state index contributed by atoms with van der Waals surface area (Å²) in [5.74, 6) is 1.03. The van der Waals surface area contributed by atoms with Crippen LogP contribution < -0.4 is 10.6 Å². The highest BCUT2D eigenvalue weighted by atomic mass is 79.9. The zero-order valence-corrected chi connectivity index (χ0v) is 12.2. The Bertz CT molecular complexity index is 531. The smallest absolute Gasteiger partial charge is 0.222 e. The van der Waals surface area contributed by atoms with Gasteiger partial charge in [-0.1, -0.05) is 11.6 Å². The van der Waals surface area contributed by atoms with Gasteiger partial charge < -0.3 is 10.6 Å². The Labute approximate surface area is 117 Å². The van der Waals surface area contributed by atoms with Gasteiger partial charge in [-0.25, -0.2) is 4.98 Å². The molecule has 2 aromatic rings. The lowest BCUT2D eigenvalue weighted by Crippen LogP contribution is -2.18. The van der Waals surface area contributed by atoms with Crippen molar-refractivity contribution in [1.82, 2.24) is 9.97 Å². The first-order chi connectivity index (χ1) is 8.06. The number of hydrogen-bond donors (Lipinski definition) is 1. The van der Waals surface area contributed by atoms with Gasteiger partial charge in [0.05, 0.1) is 15.4 Å². The summed E-state index contributed by atoms with van der Waals surface area (Å²) >= 11 is 10.9. The third-order valence-electron chi connectivity index (χ3n) is 2.13. The van der Waals surface area contributed by atoms with E-state index >= 15 is 0 Å². The van der Waals surface area contributed by atoms with E-state index < -0.39 is 0 Å². The molecule has 0 fully saturated rings. The van der Waals surface area contributed by atoms with Crippen molar-refractivity contribution in [2.24, 2.45) is 0 Å². The number of thiophene rings is 1. The van der Waals surface area contributed by atoms with E-state index in [1.165, 1.54) is 4.88 Å². The Balaban J connectivity index is 2.19. The molecule has 2 heterocycles. The van der Waals surface area contributed by atoms with Gasteiger partial charge in [-0.2, -0.15) is 4.98 Å². The van der Waals surface area contributed by atoms with Crippen molar-refractivity contribution in [2.75, 3.05) is 17.7 Å². The second-order valence-electron chi connectivity index (χ2n) is 3.46. The minimum atomic E-state index is 0.263. The van der Waals surface area contributed by atoms with Crippen molar-refractivity contribution in [2.45, 2.75) is 6.54 Å². The minimum absolute atomic E-state index is 0.263. The van der Waals surface area contributed by atoms with Crippen LogP contribution in [0, 0.1) is 0 Å². The highest BCUT2D eigenvalue weighted by Gasteiger charge is 2.10. The lowest BCUT2D eigenvalue weighted by Gasteiger charge is -2.18. The third kappa shape index (κ3) is 3.08. The third-order valence-corrected chi connectivity index (χ3v) is 3.90. The molecule has 0 amide bonds. The molecule has 0 atom stereocenters. The molecule has 0 aromatic carbocycles. The molecule has 2 rings (SSSR count). The summed E-state index contributed by atoms with van der Waals surface area (Å²) in [7, 11) is 1.94. The van der Waals surface area contributed by atoms with Gasteiger partial charge in [-0.3, -0.25) is 0 Å². The fourth-order valence-corrected chi connectivity index (χ4v) is 3.02. The first-order valence-corrected chi connectivity index (χ1v) is 6.78. The molecule has 0 spiro atoms. The van der Waals surface area contributed by atoms with Crippen LogP contribution in [-0.4, -0.2) is 17.0 Å². The van der Waals surface area contributed by atoms with Crippen LogP contribution in [0.5, 0.6) is 0 Å². The highest BCUT2D eigenvalue weighted by Crippen LogP contribution is 2.27. The van der Waals surface area contributed by atoms with Crippen molar-refractivity contribution < 1.29 is 0 Å². The van der Waals surface area contributed by atoms with Crippen LogP contribution in [-0.2, 0) is 6.54 Å². The van der Waals surface area contributed by atoms with Crippen LogP contribution in [0.25, 0.3) is 0 Å². The van der Waals surface area contributed by atoms with Crippen LogP contribution in [0.1, 0.15) is 4.88 Å². The SMILES string of the molecule is CN(Cc1ccc(Cl)s1)c1nc(N)ncc1Br. The quantitative estimate of drug-likeness (QED) is 0.937. The summed E-state index contributed by atoms with van der Waals surface area (Å²) in [6, 6.07) is 3.89. The van der Waals surface area contributed by atoms with Gasteiger partial charge in [0.25, 0.3) is 0 Å². The van der Waals surface area contributed by atoms with Crippen molar-refractivity contribution in [3.8, 4) is 0 Å². The molecule has 17 heavy (non-hydrogen) atoms. The molecule has 2 aromatic heterocycles. The number of anilines is 2. The minimum Gasteiger partial charge on any atom is -0.368 e. The van der Waals surface area contributed by atoms with Crippen LogP contribution >= 0.6 is 38.9 Å². The molecular formula is C10H10BrClN4S. The number of hydrogen-bond acceptors (Lipinski definition) is 5. The lowest BCUT2D eigenvalue weighted by atomic mass is 10.4. The molecule has 0 saturated heterocycles. The van der Waals surface area contributed by atoms with Gasteiger partial charge in [0, 0.05) is 18.1 Å². The number of nitrogen functional groups attached to an aromatic ring is 1. The second-order valence-corrected chi connectivity index (χ2v) is 6.12. The van der Waals surface area contributed by atoms with Crippen LogP contribution in [0.4, 0.5) is 11.8 Å². The Morgan fingerprint density at radius 3 is 2.94 bits per heavy atom. The van der Waals surface area contributed by atoms with Crippen molar-refractivity contribution in [3.63, 3.8) is 0 Å². The molecule has 0 radical (unpaired) electrons. The number of aromatic nitrogens is 2. The number of nitrogens with zero attached hydrogens (tertiary/aromatic N) is 3. The van der Waals surface area contributed by atoms with E-state index in [1.807, 2.05) is 24.1 Å². The summed E-state index contributed by atoms with van der Waals surface area (Å²) in [6.07, 6.45) is 1.65. The molecule has 2 N–H and O–H groups in total. The normalized spacial score (nSPS) is 10.5. The maximum Gasteiger partial charge on any atom is 0.222 e. The molecule has 90 valence electrons. The zero-order valence-electron chi connectivity index (χ0n) is 9.02. The van der Waals surface area contributed by atoms with E-state index in [0.717, 1.165) is 21.2 Å². The monoisotopic (exact) mass is 332 g/mol. The van der Waals surface area contributed by atoms with E-state index in [1.54, 1.807) is 17.5 Å². The molecule has 0 unspecified atom stereocenters. The van der Waals surface area contributed by atoms with E-state index in [2.05, 4.69) is 25.9 Å². The Morgan fingerprint density at radius 1 is 1.53 bits per heavy atom. The predicted octanol–water partition coefficient (Wildman–Crippen LogP) is 3.17. The topological polar surface area (TPSA) is 55.0 Å². The predicted molar refractivity (Wildman–Crippen MR) is 75.6 cm³/mol. The Kier molecular flexibility index (Phi) is 3.86. The maximum absolute atomic E-state index is 5.89. The van der Waals surface area contributed by atoms with Crippen molar-refractivity contribution in [3.05, 3.63) is 32.0 Å². The van der Waals surface area contributed by atoms with Gasteiger partial charge in [0.1, 0.15) is 5.82 Å². The molecule has 7 heteroatoms. The number of halogens is 2. The number of rotatable bonds is 3. The van der Waals surface area contributed by atoms with Gasteiger partial charge in [-0.05, 0) is 28.1 Å². The molecule has 0 aliphatic carbocycles. The summed E-state index contributed by atoms with van der Waals surface area (Å²) in [6.45, 7) is 0.729. The Morgan fingerprint density at radius 2 is 2.29 bits per heavy atom. The second kappa shape index (κ2) is 5.20. The first-order valence-electron chi connectivity index (χ1n) is 4.79. The van der Waals surface area contributed by atoms with Crippen LogP contribution in [0.2, 0.25) is 4.34 Å². The highest BCUT2D eigenvalue weighted by molar-refractivity contribution is 9.10.